The Morgan fingerprint density at radius 3 is 1.10 bits per heavy atom. The molecule has 0 N–H and O–H groups in total. The van der Waals surface area contributed by atoms with Crippen LogP contribution in [0.1, 0.15) is 0 Å². The van der Waals surface area contributed by atoms with E-state index in [4.69, 9.17) is 13.3 Å². The lowest BCUT2D eigenvalue weighted by atomic mass is 9.98. The summed E-state index contributed by atoms with van der Waals surface area (Å²) in [6.07, 6.45) is 0. The molecule has 3 nitrogen and oxygen atoms in total. The largest absolute Gasteiger partial charge is 0.456 e. The third-order valence-electron chi connectivity index (χ3n) is 11.9. The highest BCUT2D eigenvalue weighted by molar-refractivity contribution is 7.26. The summed E-state index contributed by atoms with van der Waals surface area (Å²) >= 11 is 1.84. The number of benzene rings is 9. The number of furan rings is 3. The summed E-state index contributed by atoms with van der Waals surface area (Å²) in [7, 11) is 0. The van der Waals surface area contributed by atoms with Gasteiger partial charge in [0.1, 0.15) is 33.5 Å². The van der Waals surface area contributed by atoms with Crippen LogP contribution in [0, 0.1) is 0 Å². The number of rotatable bonds is 4. The highest BCUT2D eigenvalue weighted by Crippen LogP contribution is 2.45. The van der Waals surface area contributed by atoms with E-state index in [1.807, 2.05) is 11.3 Å². The quantitative estimate of drug-likeness (QED) is 0.179. The highest BCUT2D eigenvalue weighted by atomic mass is 32.1. The zero-order valence-corrected chi connectivity index (χ0v) is 31.8. The number of fused-ring (bicyclic) bond motifs is 13. The molecule has 0 aliphatic carbocycles. The zero-order chi connectivity index (χ0) is 37.9. The molecule has 9 aromatic carbocycles. The molecule has 0 aliphatic rings. The van der Waals surface area contributed by atoms with Gasteiger partial charge in [-0.1, -0.05) is 97.1 Å². The van der Waals surface area contributed by atoms with Crippen molar-refractivity contribution in [3.05, 3.63) is 182 Å². The van der Waals surface area contributed by atoms with Gasteiger partial charge in [0.2, 0.25) is 0 Å². The summed E-state index contributed by atoms with van der Waals surface area (Å²) in [5.41, 5.74) is 14.8. The van der Waals surface area contributed by atoms with Crippen LogP contribution in [-0.2, 0) is 0 Å². The lowest BCUT2D eigenvalue weighted by molar-refractivity contribution is 0.668. The normalized spacial score (nSPS) is 12.1. The fraction of sp³-hybridized carbons (Fsp3) is 0. The van der Waals surface area contributed by atoms with E-state index >= 15 is 0 Å². The summed E-state index contributed by atoms with van der Waals surface area (Å²) in [5.74, 6) is 0. The minimum Gasteiger partial charge on any atom is -0.456 e. The summed E-state index contributed by atoms with van der Waals surface area (Å²) < 4.78 is 21.6. The molecular formula is C54H30O3S. The Balaban J connectivity index is 0.920. The molecule has 0 radical (unpaired) electrons. The van der Waals surface area contributed by atoms with Gasteiger partial charge < -0.3 is 13.3 Å². The molecule has 4 heteroatoms. The molecule has 4 aromatic heterocycles. The van der Waals surface area contributed by atoms with Crippen molar-refractivity contribution in [2.24, 2.45) is 0 Å². The number of thiophene rings is 1. The monoisotopic (exact) mass is 758 g/mol. The van der Waals surface area contributed by atoms with Crippen LogP contribution in [0.15, 0.2) is 195 Å². The van der Waals surface area contributed by atoms with Gasteiger partial charge in [-0.15, -0.1) is 11.3 Å². The van der Waals surface area contributed by atoms with Crippen LogP contribution in [0.2, 0.25) is 0 Å². The summed E-state index contributed by atoms with van der Waals surface area (Å²) in [6, 6.07) is 64.9. The third-order valence-corrected chi connectivity index (χ3v) is 13.1. The Labute approximate surface area is 335 Å². The fourth-order valence-electron chi connectivity index (χ4n) is 8.99. The molecule has 0 unspecified atom stereocenters. The molecule has 0 atom stereocenters. The second kappa shape index (κ2) is 12.1. The molecule has 13 aromatic rings. The molecule has 13 rings (SSSR count). The van der Waals surface area contributed by atoms with Crippen molar-refractivity contribution in [1.82, 2.24) is 0 Å². The van der Waals surface area contributed by atoms with Crippen LogP contribution in [0.5, 0.6) is 0 Å². The molecule has 0 saturated carbocycles. The van der Waals surface area contributed by atoms with Crippen LogP contribution in [0.4, 0.5) is 0 Å². The van der Waals surface area contributed by atoms with E-state index < -0.39 is 0 Å². The Hall–Kier alpha value is -7.40. The second-order valence-electron chi connectivity index (χ2n) is 15.2. The molecule has 58 heavy (non-hydrogen) atoms. The van der Waals surface area contributed by atoms with Gasteiger partial charge in [0.25, 0.3) is 0 Å². The van der Waals surface area contributed by atoms with E-state index in [1.165, 1.54) is 58.9 Å². The lowest BCUT2D eigenvalue weighted by Gasteiger charge is -2.04. The number of hydrogen-bond acceptors (Lipinski definition) is 4. The molecule has 0 fully saturated rings. The summed E-state index contributed by atoms with van der Waals surface area (Å²) in [6.45, 7) is 0. The van der Waals surface area contributed by atoms with E-state index in [-0.39, 0.29) is 0 Å². The molecule has 0 spiro atoms. The van der Waals surface area contributed by atoms with Crippen LogP contribution in [0.25, 0.3) is 130 Å². The van der Waals surface area contributed by atoms with E-state index in [2.05, 4.69) is 182 Å². The van der Waals surface area contributed by atoms with E-state index in [9.17, 15) is 0 Å². The summed E-state index contributed by atoms with van der Waals surface area (Å²) in [4.78, 5) is 0. The topological polar surface area (TPSA) is 39.4 Å². The van der Waals surface area contributed by atoms with Gasteiger partial charge in [-0.25, -0.2) is 0 Å². The zero-order valence-electron chi connectivity index (χ0n) is 31.0. The minimum absolute atomic E-state index is 0.889. The molecule has 0 bridgehead atoms. The van der Waals surface area contributed by atoms with E-state index in [1.54, 1.807) is 0 Å². The van der Waals surface area contributed by atoms with E-state index in [0.717, 1.165) is 71.6 Å². The van der Waals surface area contributed by atoms with Crippen molar-refractivity contribution in [3.63, 3.8) is 0 Å². The first-order chi connectivity index (χ1) is 28.7. The van der Waals surface area contributed by atoms with Crippen molar-refractivity contribution in [3.8, 4) is 44.5 Å². The van der Waals surface area contributed by atoms with Crippen LogP contribution < -0.4 is 0 Å². The summed E-state index contributed by atoms with van der Waals surface area (Å²) in [5, 5.41) is 9.27. The van der Waals surface area contributed by atoms with Crippen molar-refractivity contribution in [2.45, 2.75) is 0 Å². The molecule has 0 aliphatic heterocycles. The molecule has 4 heterocycles. The molecule has 270 valence electrons. The fourth-order valence-corrected chi connectivity index (χ4v) is 10.2. The van der Waals surface area contributed by atoms with Gasteiger partial charge in [0.05, 0.1) is 0 Å². The van der Waals surface area contributed by atoms with Gasteiger partial charge in [0, 0.05) is 52.5 Å². The maximum absolute atomic E-state index is 6.50. The minimum atomic E-state index is 0.889. The maximum Gasteiger partial charge on any atom is 0.136 e. The van der Waals surface area contributed by atoms with Crippen LogP contribution in [0.3, 0.4) is 0 Å². The molecule has 0 saturated heterocycles. The van der Waals surface area contributed by atoms with Gasteiger partial charge >= 0.3 is 0 Å². The average molecular weight is 759 g/mol. The lowest BCUT2D eigenvalue weighted by Crippen LogP contribution is -1.79. The van der Waals surface area contributed by atoms with Crippen LogP contribution >= 0.6 is 11.3 Å². The van der Waals surface area contributed by atoms with Gasteiger partial charge in [-0.05, 0) is 129 Å². The molecule has 0 amide bonds. The third kappa shape index (κ3) is 4.79. The molecular weight excluding hydrogens is 729 g/mol. The van der Waals surface area contributed by atoms with Crippen molar-refractivity contribution in [2.75, 3.05) is 0 Å². The van der Waals surface area contributed by atoms with Gasteiger partial charge in [0.15, 0.2) is 0 Å². The van der Waals surface area contributed by atoms with Crippen molar-refractivity contribution < 1.29 is 13.3 Å². The van der Waals surface area contributed by atoms with E-state index in [0.29, 0.717) is 0 Å². The van der Waals surface area contributed by atoms with Crippen molar-refractivity contribution in [1.29, 1.82) is 0 Å². The Morgan fingerprint density at radius 1 is 0.259 bits per heavy atom. The Kier molecular flexibility index (Phi) is 6.60. The first-order valence-electron chi connectivity index (χ1n) is 19.5. The van der Waals surface area contributed by atoms with Gasteiger partial charge in [-0.2, -0.15) is 0 Å². The SMILES string of the molecule is c1ccc(-c2ccc3oc4ccc(-c5ccc6sc7c(ccc8oc9ccc(-c%10ccc%11oc%12ccc(-c%13ccccc%13)cc%12c%11c%10)cc9c87)c6c5)cc4c3c2)cc1. The van der Waals surface area contributed by atoms with Crippen molar-refractivity contribution >= 4 is 97.3 Å². The second-order valence-corrected chi connectivity index (χ2v) is 16.3. The first-order valence-corrected chi connectivity index (χ1v) is 20.4. The highest BCUT2D eigenvalue weighted by Gasteiger charge is 2.18. The predicted molar refractivity (Wildman–Crippen MR) is 243 cm³/mol. The predicted octanol–water partition coefficient (Wildman–Crippen LogP) is 16.4. The smallest absolute Gasteiger partial charge is 0.136 e. The standard InChI is InChI=1S/C54H30O3S/c1-3-7-31(8-4-1)33-11-18-46-40(25-33)42-27-35(13-20-48(42)55-46)37-15-22-50-45(30-37)53-51(57-50)23-17-39-44-29-38(16-24-52(44)58-54(39)53)36-14-21-49-43(28-36)41-26-34(12-19-47(41)56-49)32-9-5-2-6-10-32/h1-30H. The number of hydrogen-bond donors (Lipinski definition) is 0. The Morgan fingerprint density at radius 2 is 0.621 bits per heavy atom. The Bertz CT molecular complexity index is 3790. The maximum atomic E-state index is 6.50. The van der Waals surface area contributed by atoms with Crippen LogP contribution in [-0.4, -0.2) is 0 Å². The van der Waals surface area contributed by atoms with Gasteiger partial charge in [-0.3, -0.25) is 0 Å². The average Bonchev–Trinajstić information content (AvgIpc) is 4.05. The first kappa shape index (κ1) is 31.8.